The average Bonchev–Trinajstić information content (AvgIpc) is 2.29. The molecule has 0 aliphatic heterocycles. The highest BCUT2D eigenvalue weighted by atomic mass is 127. The quantitative estimate of drug-likeness (QED) is 0.604. The number of halogens is 2. The Morgan fingerprint density at radius 2 is 1.44 bits per heavy atom. The molecule has 0 aromatic heterocycles. The van der Waals surface area contributed by atoms with Crippen molar-refractivity contribution < 1.29 is 8.42 Å². The van der Waals surface area contributed by atoms with Crippen molar-refractivity contribution in [1.82, 2.24) is 0 Å². The van der Waals surface area contributed by atoms with Gasteiger partial charge in [-0.25, -0.2) is 8.42 Å². The molecule has 0 amide bonds. The minimum Gasteiger partial charge on any atom is -0.219 e. The minimum absolute atomic E-state index is 0.340. The number of hydrogen-bond donors (Lipinski definition) is 0. The van der Waals surface area contributed by atoms with Crippen LogP contribution in [0.1, 0.15) is 5.56 Å². The van der Waals surface area contributed by atoms with Crippen LogP contribution in [-0.4, -0.2) is 8.42 Å². The first-order valence-electron chi connectivity index (χ1n) is 5.18. The Morgan fingerprint density at radius 1 is 0.889 bits per heavy atom. The molecule has 0 unspecified atom stereocenters. The predicted molar refractivity (Wildman–Crippen MR) is 88.5 cm³/mol. The molecular weight excluding hydrogens is 474 g/mol. The van der Waals surface area contributed by atoms with E-state index in [2.05, 4.69) is 45.2 Å². The van der Waals surface area contributed by atoms with E-state index >= 15 is 0 Å². The number of aryl methyl sites for hydroxylation is 1. The summed E-state index contributed by atoms with van der Waals surface area (Å²) in [5, 5.41) is 0. The maximum Gasteiger partial charge on any atom is 0.206 e. The topological polar surface area (TPSA) is 34.1 Å². The maximum absolute atomic E-state index is 12.5. The van der Waals surface area contributed by atoms with Gasteiger partial charge in [-0.15, -0.1) is 0 Å². The van der Waals surface area contributed by atoms with Crippen molar-refractivity contribution in [1.29, 1.82) is 0 Å². The van der Waals surface area contributed by atoms with Crippen LogP contribution in [0.2, 0.25) is 0 Å². The summed E-state index contributed by atoms with van der Waals surface area (Å²) in [6, 6.07) is 12.3. The molecule has 2 rings (SSSR count). The lowest BCUT2D eigenvalue weighted by Crippen LogP contribution is -2.04. The van der Waals surface area contributed by atoms with Gasteiger partial charge >= 0.3 is 0 Å². The summed E-state index contributed by atoms with van der Waals surface area (Å²) in [5.74, 6) is 0. The van der Waals surface area contributed by atoms with Gasteiger partial charge in [0.25, 0.3) is 0 Å². The largest absolute Gasteiger partial charge is 0.219 e. The monoisotopic (exact) mass is 484 g/mol. The molecule has 0 N–H and O–H groups in total. The van der Waals surface area contributed by atoms with Crippen molar-refractivity contribution in [2.45, 2.75) is 16.7 Å². The molecule has 18 heavy (non-hydrogen) atoms. The van der Waals surface area contributed by atoms with Crippen LogP contribution in [0.15, 0.2) is 52.3 Å². The van der Waals surface area contributed by atoms with Gasteiger partial charge in [0, 0.05) is 7.14 Å². The van der Waals surface area contributed by atoms with E-state index in [1.807, 2.05) is 19.1 Å². The molecule has 0 saturated carbocycles. The summed E-state index contributed by atoms with van der Waals surface area (Å²) in [4.78, 5) is 0.719. The summed E-state index contributed by atoms with van der Waals surface area (Å²) in [7, 11) is -3.41. The van der Waals surface area contributed by atoms with E-state index in [9.17, 15) is 8.42 Å². The molecule has 5 heteroatoms. The summed E-state index contributed by atoms with van der Waals surface area (Å²) in [5.41, 5.74) is 0.778. The molecule has 0 bridgehead atoms. The van der Waals surface area contributed by atoms with E-state index in [1.54, 1.807) is 30.3 Å². The fourth-order valence-electron chi connectivity index (χ4n) is 1.66. The molecule has 0 heterocycles. The summed E-state index contributed by atoms with van der Waals surface area (Å²) in [6.07, 6.45) is 0. The number of hydrogen-bond acceptors (Lipinski definition) is 2. The first-order valence-corrected chi connectivity index (χ1v) is 8.82. The second kappa shape index (κ2) is 5.46. The van der Waals surface area contributed by atoms with Crippen LogP contribution in [0.25, 0.3) is 0 Å². The van der Waals surface area contributed by atoms with Gasteiger partial charge in [-0.3, -0.25) is 0 Å². The lowest BCUT2D eigenvalue weighted by Gasteiger charge is -2.08. The highest BCUT2D eigenvalue weighted by Gasteiger charge is 2.19. The lowest BCUT2D eigenvalue weighted by atomic mass is 10.2. The minimum atomic E-state index is -3.41. The second-order valence-corrected chi connectivity index (χ2v) is 8.28. The molecule has 2 aromatic carbocycles. The van der Waals surface area contributed by atoms with Gasteiger partial charge in [-0.05, 0) is 100 Å². The highest BCUT2D eigenvalue weighted by Crippen LogP contribution is 2.25. The van der Waals surface area contributed by atoms with Crippen LogP contribution in [0.5, 0.6) is 0 Å². The molecule has 0 fully saturated rings. The van der Waals surface area contributed by atoms with E-state index in [0.29, 0.717) is 9.79 Å². The molecule has 0 aliphatic carbocycles. The van der Waals surface area contributed by atoms with Gasteiger partial charge in [0.2, 0.25) is 9.84 Å². The molecule has 2 aromatic rings. The molecule has 0 aliphatic rings. The van der Waals surface area contributed by atoms with Gasteiger partial charge in [0.1, 0.15) is 0 Å². The standard InChI is InChI=1S/C13H10I2O2S/c1-9-8-11(15)4-7-13(9)18(16,17)12-5-2-10(14)3-6-12/h2-8H,1H3. The Balaban J connectivity index is 2.58. The highest BCUT2D eigenvalue weighted by molar-refractivity contribution is 14.1. The van der Waals surface area contributed by atoms with Crippen molar-refractivity contribution in [2.24, 2.45) is 0 Å². The summed E-state index contributed by atoms with van der Waals surface area (Å²) in [6.45, 7) is 1.82. The Kier molecular flexibility index (Phi) is 4.32. The second-order valence-electron chi connectivity index (χ2n) is 3.87. The number of rotatable bonds is 2. The van der Waals surface area contributed by atoms with Crippen LogP contribution in [-0.2, 0) is 9.84 Å². The van der Waals surface area contributed by atoms with Crippen LogP contribution in [0, 0.1) is 14.1 Å². The Hall–Kier alpha value is -0.150. The summed E-state index contributed by atoms with van der Waals surface area (Å²) >= 11 is 4.33. The fraction of sp³-hybridized carbons (Fsp3) is 0.0769. The van der Waals surface area contributed by atoms with Gasteiger partial charge in [0.05, 0.1) is 9.79 Å². The van der Waals surface area contributed by atoms with Gasteiger partial charge in [0.15, 0.2) is 0 Å². The molecular formula is C13H10I2O2S. The molecule has 94 valence electrons. The molecule has 0 radical (unpaired) electrons. The van der Waals surface area contributed by atoms with Crippen LogP contribution >= 0.6 is 45.2 Å². The zero-order valence-corrected chi connectivity index (χ0v) is 14.7. The normalized spacial score (nSPS) is 11.5. The van der Waals surface area contributed by atoms with E-state index in [0.717, 1.165) is 12.7 Å². The van der Waals surface area contributed by atoms with Crippen molar-refractivity contribution in [3.63, 3.8) is 0 Å². The third-order valence-corrected chi connectivity index (χ3v) is 5.87. The van der Waals surface area contributed by atoms with Gasteiger partial charge in [-0.2, -0.15) is 0 Å². The van der Waals surface area contributed by atoms with Crippen molar-refractivity contribution in [3.05, 3.63) is 55.2 Å². The van der Waals surface area contributed by atoms with Crippen LogP contribution in [0.3, 0.4) is 0 Å². The van der Waals surface area contributed by atoms with Crippen molar-refractivity contribution >= 4 is 55.0 Å². The first-order chi connectivity index (χ1) is 8.41. The van der Waals surface area contributed by atoms with E-state index in [1.165, 1.54) is 0 Å². The predicted octanol–water partition coefficient (Wildman–Crippen LogP) is 4.04. The lowest BCUT2D eigenvalue weighted by molar-refractivity contribution is 0.595. The molecule has 2 nitrogen and oxygen atoms in total. The van der Waals surface area contributed by atoms with Gasteiger partial charge < -0.3 is 0 Å². The third-order valence-electron chi connectivity index (χ3n) is 2.55. The fourth-order valence-corrected chi connectivity index (χ4v) is 4.14. The Labute approximate surface area is 134 Å². The maximum atomic E-state index is 12.5. The zero-order chi connectivity index (χ0) is 13.3. The van der Waals surface area contributed by atoms with Crippen LogP contribution in [0.4, 0.5) is 0 Å². The van der Waals surface area contributed by atoms with E-state index in [4.69, 9.17) is 0 Å². The summed E-state index contributed by atoms with van der Waals surface area (Å²) < 4.78 is 27.0. The van der Waals surface area contributed by atoms with E-state index in [-0.39, 0.29) is 0 Å². The molecule has 0 saturated heterocycles. The first kappa shape index (κ1) is 14.3. The zero-order valence-electron chi connectivity index (χ0n) is 9.52. The van der Waals surface area contributed by atoms with E-state index < -0.39 is 9.84 Å². The van der Waals surface area contributed by atoms with Crippen LogP contribution < -0.4 is 0 Å². The Bertz CT molecular complexity index is 677. The smallest absolute Gasteiger partial charge is 0.206 e. The third kappa shape index (κ3) is 2.88. The molecule has 0 atom stereocenters. The van der Waals surface area contributed by atoms with Crippen molar-refractivity contribution in [2.75, 3.05) is 0 Å². The number of benzene rings is 2. The number of sulfone groups is 1. The van der Waals surface area contributed by atoms with Gasteiger partial charge in [-0.1, -0.05) is 0 Å². The SMILES string of the molecule is Cc1cc(I)ccc1S(=O)(=O)c1ccc(I)cc1. The average molecular weight is 484 g/mol. The van der Waals surface area contributed by atoms with Crippen molar-refractivity contribution in [3.8, 4) is 0 Å². The molecule has 0 spiro atoms. The Morgan fingerprint density at radius 3 is 2.00 bits per heavy atom.